The number of pyridine rings is 1. The van der Waals surface area contributed by atoms with Crippen LogP contribution in [0, 0.1) is 0 Å². The number of halogens is 1. The van der Waals surface area contributed by atoms with Crippen molar-refractivity contribution in [3.8, 4) is 0 Å². The first-order valence-corrected chi connectivity index (χ1v) is 9.39. The van der Waals surface area contributed by atoms with Crippen molar-refractivity contribution in [3.63, 3.8) is 0 Å². The van der Waals surface area contributed by atoms with E-state index in [1.54, 1.807) is 18.3 Å². The van der Waals surface area contributed by atoms with Crippen molar-refractivity contribution in [1.29, 1.82) is 0 Å². The number of ether oxygens (including phenoxy) is 1. The molecule has 5 nitrogen and oxygen atoms in total. The fourth-order valence-electron chi connectivity index (χ4n) is 2.57. The first kappa shape index (κ1) is 19.8. The summed E-state index contributed by atoms with van der Waals surface area (Å²) in [4.78, 5) is 0.319. The molecule has 1 aromatic heterocycles. The Morgan fingerprint density at radius 3 is 2.52 bits per heavy atom. The van der Waals surface area contributed by atoms with Crippen molar-refractivity contribution in [2.24, 2.45) is 0 Å². The fourth-order valence-corrected chi connectivity index (χ4v) is 4.02. The van der Waals surface area contributed by atoms with Crippen LogP contribution in [0.25, 0.3) is 6.08 Å². The zero-order valence-corrected chi connectivity index (χ0v) is 16.2. The SMILES string of the molecule is O=S(=O)(c1ccc[n+](C/C=C\c2ccccc2)c1)N1CCOCC1.[Br-]. The van der Waals surface area contributed by atoms with Crippen molar-refractivity contribution in [2.75, 3.05) is 26.3 Å². The van der Waals surface area contributed by atoms with Crippen LogP contribution in [0.5, 0.6) is 0 Å². The van der Waals surface area contributed by atoms with E-state index in [1.807, 2.05) is 53.2 Å². The van der Waals surface area contributed by atoms with Crippen molar-refractivity contribution < 1.29 is 34.7 Å². The van der Waals surface area contributed by atoms with Gasteiger partial charge in [-0.1, -0.05) is 36.4 Å². The molecule has 25 heavy (non-hydrogen) atoms. The number of allylic oxidation sites excluding steroid dienone is 1. The molecule has 2 aromatic rings. The molecule has 0 saturated carbocycles. The summed E-state index contributed by atoms with van der Waals surface area (Å²) in [6.07, 6.45) is 7.59. The number of morpholine rings is 1. The Labute approximate surface area is 159 Å². The number of nitrogens with zero attached hydrogens (tertiary/aromatic N) is 2. The molecule has 0 aliphatic carbocycles. The van der Waals surface area contributed by atoms with Crippen LogP contribution in [0.1, 0.15) is 5.56 Å². The maximum Gasteiger partial charge on any atom is 0.249 e. The number of aromatic nitrogens is 1. The largest absolute Gasteiger partial charge is 1.00 e. The summed E-state index contributed by atoms with van der Waals surface area (Å²) in [6, 6.07) is 13.4. The maximum atomic E-state index is 12.7. The first-order chi connectivity index (χ1) is 11.7. The molecule has 2 heterocycles. The van der Waals surface area contributed by atoms with Crippen LogP contribution in [-0.2, 0) is 21.3 Å². The monoisotopic (exact) mass is 424 g/mol. The minimum atomic E-state index is -3.45. The van der Waals surface area contributed by atoms with Crippen LogP contribution >= 0.6 is 0 Å². The highest BCUT2D eigenvalue weighted by atomic mass is 79.9. The quantitative estimate of drug-likeness (QED) is 0.561. The van der Waals surface area contributed by atoms with Gasteiger partial charge in [0.1, 0.15) is 4.90 Å². The van der Waals surface area contributed by atoms with Crippen molar-refractivity contribution in [3.05, 3.63) is 66.5 Å². The molecule has 1 aromatic carbocycles. The second kappa shape index (κ2) is 9.24. The minimum absolute atomic E-state index is 0. The topological polar surface area (TPSA) is 50.5 Å². The summed E-state index contributed by atoms with van der Waals surface area (Å²) in [5.41, 5.74) is 1.12. The van der Waals surface area contributed by atoms with Gasteiger partial charge in [0, 0.05) is 19.2 Å². The van der Waals surface area contributed by atoms with Gasteiger partial charge in [-0.25, -0.2) is 13.0 Å². The molecule has 0 radical (unpaired) electrons. The molecule has 1 aliphatic rings. The van der Waals surface area contributed by atoms with E-state index in [-0.39, 0.29) is 17.0 Å². The zero-order chi connectivity index (χ0) is 16.8. The summed E-state index contributed by atoms with van der Waals surface area (Å²) >= 11 is 0. The molecule has 1 fully saturated rings. The summed E-state index contributed by atoms with van der Waals surface area (Å²) in [7, 11) is -3.45. The Morgan fingerprint density at radius 1 is 1.08 bits per heavy atom. The van der Waals surface area contributed by atoms with E-state index in [1.165, 1.54) is 4.31 Å². The molecule has 1 saturated heterocycles. The highest BCUT2D eigenvalue weighted by Crippen LogP contribution is 2.15. The van der Waals surface area contributed by atoms with Gasteiger partial charge in [0.2, 0.25) is 10.0 Å². The van der Waals surface area contributed by atoms with E-state index in [4.69, 9.17) is 4.74 Å². The van der Waals surface area contributed by atoms with Gasteiger partial charge < -0.3 is 21.7 Å². The van der Waals surface area contributed by atoms with Gasteiger partial charge in [0.05, 0.1) is 13.2 Å². The van der Waals surface area contributed by atoms with Crippen LogP contribution in [0.4, 0.5) is 0 Å². The Hall–Kier alpha value is -1.54. The molecule has 0 unspecified atom stereocenters. The second-order valence-corrected chi connectivity index (χ2v) is 7.50. The maximum absolute atomic E-state index is 12.7. The average molecular weight is 425 g/mol. The van der Waals surface area contributed by atoms with E-state index in [0.29, 0.717) is 37.7 Å². The summed E-state index contributed by atoms with van der Waals surface area (Å²) < 4.78 is 33.9. The van der Waals surface area contributed by atoms with Gasteiger partial charge in [-0.2, -0.15) is 4.31 Å². The zero-order valence-electron chi connectivity index (χ0n) is 13.8. The van der Waals surface area contributed by atoms with Gasteiger partial charge in [-0.05, 0) is 17.7 Å². The van der Waals surface area contributed by atoms with Crippen LogP contribution < -0.4 is 21.5 Å². The lowest BCUT2D eigenvalue weighted by Crippen LogP contribution is -3.00. The molecule has 0 spiro atoms. The molecule has 0 amide bonds. The molecule has 1 aliphatic heterocycles. The predicted octanol–water partition coefficient (Wildman–Crippen LogP) is -1.29. The van der Waals surface area contributed by atoms with E-state index in [9.17, 15) is 8.42 Å². The van der Waals surface area contributed by atoms with Gasteiger partial charge in [-0.15, -0.1) is 0 Å². The summed E-state index contributed by atoms with van der Waals surface area (Å²) in [5.74, 6) is 0. The van der Waals surface area contributed by atoms with Gasteiger partial charge in [-0.3, -0.25) is 0 Å². The number of hydrogen-bond donors (Lipinski definition) is 0. The van der Waals surface area contributed by atoms with Crippen LogP contribution in [0.3, 0.4) is 0 Å². The lowest BCUT2D eigenvalue weighted by Gasteiger charge is -2.25. The molecular weight excluding hydrogens is 404 g/mol. The Kier molecular flexibility index (Phi) is 7.31. The van der Waals surface area contributed by atoms with E-state index in [0.717, 1.165) is 5.56 Å². The third-order valence-corrected chi connectivity index (χ3v) is 5.75. The molecular formula is C18H21BrN2O3S. The van der Waals surface area contributed by atoms with Gasteiger partial charge in [0.15, 0.2) is 18.9 Å². The molecule has 0 bridgehead atoms. The standard InChI is InChI=1S/C18H21N2O3S.BrH/c21-24(22,20-12-14-23-15-13-20)18-9-5-11-19(16-18)10-4-8-17-6-2-1-3-7-17;/h1-9,11,16H,10,12-15H2;1H/q+1;/p-1/b8-4-;. The predicted molar refractivity (Wildman–Crippen MR) is 91.7 cm³/mol. The van der Waals surface area contributed by atoms with Crippen molar-refractivity contribution in [1.82, 2.24) is 4.31 Å². The normalized spacial score (nSPS) is 15.8. The summed E-state index contributed by atoms with van der Waals surface area (Å²) in [6.45, 7) is 2.33. The molecule has 0 atom stereocenters. The first-order valence-electron chi connectivity index (χ1n) is 7.95. The third-order valence-electron chi connectivity index (χ3n) is 3.87. The fraction of sp³-hybridized carbons (Fsp3) is 0.278. The lowest BCUT2D eigenvalue weighted by molar-refractivity contribution is -0.688. The minimum Gasteiger partial charge on any atom is -1.00 e. The van der Waals surface area contributed by atoms with Crippen molar-refractivity contribution >= 4 is 16.1 Å². The van der Waals surface area contributed by atoms with Crippen molar-refractivity contribution in [2.45, 2.75) is 11.4 Å². The third kappa shape index (κ3) is 5.22. The summed E-state index contributed by atoms with van der Waals surface area (Å²) in [5, 5.41) is 0. The highest BCUT2D eigenvalue weighted by Gasteiger charge is 2.28. The molecule has 3 rings (SSSR count). The smallest absolute Gasteiger partial charge is 0.249 e. The van der Waals surface area contributed by atoms with Crippen LogP contribution in [-0.4, -0.2) is 39.0 Å². The lowest BCUT2D eigenvalue weighted by atomic mass is 10.2. The van der Waals surface area contributed by atoms with E-state index in [2.05, 4.69) is 0 Å². The van der Waals surface area contributed by atoms with Gasteiger partial charge in [0.25, 0.3) is 0 Å². The number of rotatable bonds is 5. The number of benzene rings is 1. The Bertz CT molecular complexity index is 804. The Morgan fingerprint density at radius 2 is 1.80 bits per heavy atom. The van der Waals surface area contributed by atoms with E-state index < -0.39 is 10.0 Å². The second-order valence-electron chi connectivity index (χ2n) is 5.57. The Balaban J connectivity index is 0.00000225. The number of hydrogen-bond acceptors (Lipinski definition) is 3. The molecule has 0 N–H and O–H groups in total. The highest BCUT2D eigenvalue weighted by molar-refractivity contribution is 7.89. The number of sulfonamides is 1. The van der Waals surface area contributed by atoms with E-state index >= 15 is 0 Å². The molecule has 7 heteroatoms. The molecule has 134 valence electrons. The van der Waals surface area contributed by atoms with Gasteiger partial charge >= 0.3 is 0 Å². The average Bonchev–Trinajstić information content (AvgIpc) is 2.64. The van der Waals surface area contributed by atoms with Crippen LogP contribution in [0.2, 0.25) is 0 Å². The van der Waals surface area contributed by atoms with Crippen LogP contribution in [0.15, 0.2) is 65.8 Å².